The average Bonchev–Trinajstić information content (AvgIpc) is 2.71. The first kappa shape index (κ1) is 20.6. The van der Waals surface area contributed by atoms with Gasteiger partial charge in [-0.15, -0.1) is 0 Å². The molecule has 1 aliphatic heterocycles. The molecule has 150 valence electrons. The van der Waals surface area contributed by atoms with Crippen molar-refractivity contribution in [3.63, 3.8) is 0 Å². The molecule has 1 saturated heterocycles. The summed E-state index contributed by atoms with van der Waals surface area (Å²) in [6, 6.07) is 18.1. The van der Waals surface area contributed by atoms with Crippen LogP contribution in [0.15, 0.2) is 54.6 Å². The Balaban J connectivity index is 1.66. The van der Waals surface area contributed by atoms with E-state index in [9.17, 15) is 13.2 Å². The second kappa shape index (κ2) is 9.34. The van der Waals surface area contributed by atoms with Gasteiger partial charge in [-0.25, -0.2) is 13.1 Å². The summed E-state index contributed by atoms with van der Waals surface area (Å²) in [5.74, 6) is 0.205. The van der Waals surface area contributed by atoms with E-state index in [0.717, 1.165) is 43.4 Å². The van der Waals surface area contributed by atoms with Gasteiger partial charge in [-0.05, 0) is 48.8 Å². The van der Waals surface area contributed by atoms with Crippen molar-refractivity contribution in [2.75, 3.05) is 25.9 Å². The van der Waals surface area contributed by atoms with Gasteiger partial charge in [-0.2, -0.15) is 0 Å². The SMILES string of the molecule is CS(=O)(=O)NC[C@H]1CCCN(C(=O)c2ccccc2CCc2ccccc2)C1. The molecule has 0 aliphatic carbocycles. The van der Waals surface area contributed by atoms with Crippen LogP contribution in [0.3, 0.4) is 0 Å². The predicted octanol–water partition coefficient (Wildman–Crippen LogP) is 2.87. The Hall–Kier alpha value is -2.18. The Morgan fingerprint density at radius 2 is 1.79 bits per heavy atom. The van der Waals surface area contributed by atoms with Gasteiger partial charge in [0.15, 0.2) is 0 Å². The summed E-state index contributed by atoms with van der Waals surface area (Å²) in [5.41, 5.74) is 3.08. The van der Waals surface area contributed by atoms with Crippen molar-refractivity contribution in [1.82, 2.24) is 9.62 Å². The number of carbonyl (C=O) groups is 1. The maximum Gasteiger partial charge on any atom is 0.254 e. The summed E-state index contributed by atoms with van der Waals surface area (Å²) in [5, 5.41) is 0. The van der Waals surface area contributed by atoms with E-state index >= 15 is 0 Å². The Morgan fingerprint density at radius 3 is 2.54 bits per heavy atom. The molecule has 2 aromatic rings. The van der Waals surface area contributed by atoms with Crippen molar-refractivity contribution < 1.29 is 13.2 Å². The first-order valence-electron chi connectivity index (χ1n) is 9.78. The summed E-state index contributed by atoms with van der Waals surface area (Å²) < 4.78 is 25.3. The number of hydrogen-bond acceptors (Lipinski definition) is 3. The molecule has 0 aromatic heterocycles. The normalized spacial score (nSPS) is 17.5. The van der Waals surface area contributed by atoms with Crippen LogP contribution in [0.2, 0.25) is 0 Å². The lowest BCUT2D eigenvalue weighted by molar-refractivity contribution is 0.0675. The number of benzene rings is 2. The van der Waals surface area contributed by atoms with Gasteiger partial charge in [0.2, 0.25) is 10.0 Å². The molecular weight excluding hydrogens is 372 g/mol. The van der Waals surface area contributed by atoms with Crippen molar-refractivity contribution in [2.45, 2.75) is 25.7 Å². The van der Waals surface area contributed by atoms with E-state index < -0.39 is 10.0 Å². The van der Waals surface area contributed by atoms with Gasteiger partial charge in [0.1, 0.15) is 0 Å². The minimum atomic E-state index is -3.21. The molecule has 5 nitrogen and oxygen atoms in total. The molecule has 0 saturated carbocycles. The third-order valence-electron chi connectivity index (χ3n) is 5.21. The smallest absolute Gasteiger partial charge is 0.254 e. The molecule has 28 heavy (non-hydrogen) atoms. The second-order valence-corrected chi connectivity index (χ2v) is 9.36. The molecule has 3 rings (SSSR count). The van der Waals surface area contributed by atoms with Crippen LogP contribution in [0.1, 0.15) is 34.3 Å². The molecule has 2 aromatic carbocycles. The number of sulfonamides is 1. The van der Waals surface area contributed by atoms with E-state index in [1.165, 1.54) is 11.8 Å². The van der Waals surface area contributed by atoms with E-state index in [1.807, 2.05) is 47.4 Å². The highest BCUT2D eigenvalue weighted by molar-refractivity contribution is 7.88. The molecule has 1 atom stereocenters. The largest absolute Gasteiger partial charge is 0.338 e. The van der Waals surface area contributed by atoms with Crippen LogP contribution in [-0.2, 0) is 22.9 Å². The zero-order chi connectivity index (χ0) is 20.0. The lowest BCUT2D eigenvalue weighted by Crippen LogP contribution is -2.43. The fourth-order valence-electron chi connectivity index (χ4n) is 3.73. The van der Waals surface area contributed by atoms with Crippen molar-refractivity contribution in [1.29, 1.82) is 0 Å². The zero-order valence-electron chi connectivity index (χ0n) is 16.3. The molecule has 0 radical (unpaired) electrons. The van der Waals surface area contributed by atoms with Crippen molar-refractivity contribution >= 4 is 15.9 Å². The minimum absolute atomic E-state index is 0.0488. The van der Waals surface area contributed by atoms with Crippen LogP contribution in [0.4, 0.5) is 0 Å². The van der Waals surface area contributed by atoms with Gasteiger partial charge in [-0.3, -0.25) is 4.79 Å². The van der Waals surface area contributed by atoms with Crippen LogP contribution in [0.25, 0.3) is 0 Å². The monoisotopic (exact) mass is 400 g/mol. The number of carbonyl (C=O) groups excluding carboxylic acids is 1. The molecule has 6 heteroatoms. The summed E-state index contributed by atoms with van der Waals surface area (Å²) in [6.07, 6.45) is 4.71. The number of piperidine rings is 1. The fraction of sp³-hybridized carbons (Fsp3) is 0.409. The van der Waals surface area contributed by atoms with Crippen molar-refractivity contribution in [3.05, 3.63) is 71.3 Å². The molecule has 1 amide bonds. The maximum atomic E-state index is 13.2. The third-order valence-corrected chi connectivity index (χ3v) is 5.91. The van der Waals surface area contributed by atoms with Gasteiger partial charge < -0.3 is 4.90 Å². The van der Waals surface area contributed by atoms with Crippen LogP contribution < -0.4 is 4.72 Å². The van der Waals surface area contributed by atoms with Crippen LogP contribution >= 0.6 is 0 Å². The highest BCUT2D eigenvalue weighted by Gasteiger charge is 2.26. The highest BCUT2D eigenvalue weighted by atomic mass is 32.2. The lowest BCUT2D eigenvalue weighted by atomic mass is 9.95. The first-order valence-corrected chi connectivity index (χ1v) is 11.7. The first-order chi connectivity index (χ1) is 13.4. The van der Waals surface area contributed by atoms with E-state index in [4.69, 9.17) is 0 Å². The van der Waals surface area contributed by atoms with Crippen molar-refractivity contribution in [2.24, 2.45) is 5.92 Å². The minimum Gasteiger partial charge on any atom is -0.338 e. The quantitative estimate of drug-likeness (QED) is 0.777. The molecule has 1 heterocycles. The number of rotatable bonds is 7. The predicted molar refractivity (Wildman–Crippen MR) is 112 cm³/mol. The Labute approximate surface area is 167 Å². The van der Waals surface area contributed by atoms with Gasteiger partial charge in [-0.1, -0.05) is 48.5 Å². The van der Waals surface area contributed by atoms with Crippen LogP contribution in [-0.4, -0.2) is 45.1 Å². The number of amides is 1. The highest BCUT2D eigenvalue weighted by Crippen LogP contribution is 2.21. The summed E-state index contributed by atoms with van der Waals surface area (Å²) in [6.45, 7) is 1.70. The van der Waals surface area contributed by atoms with E-state index in [0.29, 0.717) is 13.1 Å². The molecular formula is C22H28N2O3S. The number of nitrogens with zero attached hydrogens (tertiary/aromatic N) is 1. The summed E-state index contributed by atoms with van der Waals surface area (Å²) >= 11 is 0. The molecule has 0 unspecified atom stereocenters. The van der Waals surface area contributed by atoms with Gasteiger partial charge >= 0.3 is 0 Å². The molecule has 1 aliphatic rings. The van der Waals surface area contributed by atoms with Crippen LogP contribution in [0.5, 0.6) is 0 Å². The zero-order valence-corrected chi connectivity index (χ0v) is 17.1. The lowest BCUT2D eigenvalue weighted by Gasteiger charge is -2.33. The van der Waals surface area contributed by atoms with Crippen molar-refractivity contribution in [3.8, 4) is 0 Å². The third kappa shape index (κ3) is 5.91. The molecule has 0 bridgehead atoms. The number of nitrogens with one attached hydrogen (secondary N) is 1. The number of likely N-dealkylation sites (tertiary alicyclic amines) is 1. The summed E-state index contributed by atoms with van der Waals surface area (Å²) in [7, 11) is -3.21. The maximum absolute atomic E-state index is 13.2. The molecule has 0 spiro atoms. The van der Waals surface area contributed by atoms with E-state index in [1.54, 1.807) is 0 Å². The Kier molecular flexibility index (Phi) is 6.86. The second-order valence-electron chi connectivity index (χ2n) is 7.52. The fourth-order valence-corrected chi connectivity index (χ4v) is 4.26. The van der Waals surface area contributed by atoms with Gasteiger partial charge in [0.05, 0.1) is 6.26 Å². The topological polar surface area (TPSA) is 66.5 Å². The molecule has 1 N–H and O–H groups in total. The number of aryl methyl sites for hydroxylation is 2. The van der Waals surface area contributed by atoms with Gasteiger partial charge in [0, 0.05) is 25.2 Å². The summed E-state index contributed by atoms with van der Waals surface area (Å²) in [4.78, 5) is 15.0. The van der Waals surface area contributed by atoms with E-state index in [-0.39, 0.29) is 11.8 Å². The molecule has 1 fully saturated rings. The standard InChI is InChI=1S/C22H28N2O3S/c1-28(26,27)23-16-19-10-7-15-24(17-19)22(25)21-12-6-5-11-20(21)14-13-18-8-3-2-4-9-18/h2-6,8-9,11-12,19,23H,7,10,13-17H2,1H3/t19-/m1/s1. The number of hydrogen-bond donors (Lipinski definition) is 1. The van der Waals surface area contributed by atoms with E-state index in [2.05, 4.69) is 16.9 Å². The van der Waals surface area contributed by atoms with Gasteiger partial charge in [0.25, 0.3) is 5.91 Å². The Morgan fingerprint density at radius 1 is 1.07 bits per heavy atom. The average molecular weight is 401 g/mol. The Bertz CT molecular complexity index is 897. The van der Waals surface area contributed by atoms with Crippen LogP contribution in [0, 0.1) is 5.92 Å².